The van der Waals surface area contributed by atoms with Crippen molar-refractivity contribution < 1.29 is 9.32 Å². The smallest absolute Gasteiger partial charge is 0.251 e. The highest BCUT2D eigenvalue weighted by Crippen LogP contribution is 2.25. The molecule has 0 atom stereocenters. The normalized spacial score (nSPS) is 10.5. The van der Waals surface area contributed by atoms with Gasteiger partial charge in [0, 0.05) is 16.7 Å². The average molecular weight is 319 g/mol. The summed E-state index contributed by atoms with van der Waals surface area (Å²) < 4.78 is 5.25. The summed E-state index contributed by atoms with van der Waals surface area (Å²) in [6.07, 6.45) is 0. The van der Waals surface area contributed by atoms with Gasteiger partial charge in [-0.25, -0.2) is 0 Å². The number of hydrogen-bond acceptors (Lipinski definition) is 4. The first-order chi connectivity index (χ1) is 10.2. The van der Waals surface area contributed by atoms with Crippen molar-refractivity contribution in [2.45, 2.75) is 6.54 Å². The predicted octanol–water partition coefficient (Wildman–Crippen LogP) is 3.99. The van der Waals surface area contributed by atoms with E-state index in [0.29, 0.717) is 28.6 Å². The summed E-state index contributed by atoms with van der Waals surface area (Å²) in [7, 11) is 0. The molecule has 2 aromatic heterocycles. The van der Waals surface area contributed by atoms with Crippen molar-refractivity contribution in [2.75, 3.05) is 0 Å². The number of nitrogens with zero attached hydrogens (tertiary/aromatic N) is 1. The zero-order valence-corrected chi connectivity index (χ0v) is 12.4. The number of nitrogens with one attached hydrogen (secondary N) is 1. The molecule has 106 valence electrons. The van der Waals surface area contributed by atoms with Crippen LogP contribution < -0.4 is 5.32 Å². The lowest BCUT2D eigenvalue weighted by molar-refractivity contribution is 0.0950. The number of aromatic nitrogens is 1. The van der Waals surface area contributed by atoms with Gasteiger partial charge in [-0.1, -0.05) is 22.8 Å². The van der Waals surface area contributed by atoms with E-state index in [0.717, 1.165) is 4.88 Å². The Morgan fingerprint density at radius 3 is 2.81 bits per heavy atom. The number of thiophene rings is 1. The van der Waals surface area contributed by atoms with Gasteiger partial charge in [-0.3, -0.25) is 4.79 Å². The molecular weight excluding hydrogens is 308 g/mol. The van der Waals surface area contributed by atoms with Crippen LogP contribution >= 0.6 is 22.9 Å². The Morgan fingerprint density at radius 1 is 1.29 bits per heavy atom. The first-order valence-electron chi connectivity index (χ1n) is 6.25. The second kappa shape index (κ2) is 6.11. The van der Waals surface area contributed by atoms with E-state index in [1.807, 2.05) is 23.6 Å². The third-order valence-electron chi connectivity index (χ3n) is 2.86. The number of hydrogen-bond donors (Lipinski definition) is 1. The Bertz CT molecular complexity index is 735. The summed E-state index contributed by atoms with van der Waals surface area (Å²) in [5.41, 5.74) is 1.24. The maximum absolute atomic E-state index is 12.0. The lowest BCUT2D eigenvalue weighted by Gasteiger charge is -2.02. The van der Waals surface area contributed by atoms with E-state index in [2.05, 4.69) is 10.5 Å². The SMILES string of the molecule is O=C(NCc1cc(-c2cccs2)on1)c1ccc(Cl)cc1. The van der Waals surface area contributed by atoms with Gasteiger partial charge in [-0.15, -0.1) is 11.3 Å². The third-order valence-corrected chi connectivity index (χ3v) is 4.00. The minimum atomic E-state index is -0.174. The molecule has 0 saturated carbocycles. The van der Waals surface area contributed by atoms with Gasteiger partial charge in [-0.2, -0.15) is 0 Å². The van der Waals surface area contributed by atoms with Crippen LogP contribution in [-0.2, 0) is 6.54 Å². The summed E-state index contributed by atoms with van der Waals surface area (Å²) in [5.74, 6) is 0.535. The number of rotatable bonds is 4. The molecule has 3 rings (SSSR count). The van der Waals surface area contributed by atoms with Crippen molar-refractivity contribution in [3.63, 3.8) is 0 Å². The minimum absolute atomic E-state index is 0.174. The van der Waals surface area contributed by atoms with Crippen molar-refractivity contribution in [2.24, 2.45) is 0 Å². The molecule has 0 radical (unpaired) electrons. The fourth-order valence-electron chi connectivity index (χ4n) is 1.80. The lowest BCUT2D eigenvalue weighted by atomic mass is 10.2. The Balaban J connectivity index is 1.62. The standard InChI is InChI=1S/C15H11ClN2O2S/c16-11-5-3-10(4-6-11)15(19)17-9-12-8-13(20-18-12)14-2-1-7-21-14/h1-8H,9H2,(H,17,19). The molecule has 1 aromatic carbocycles. The Labute approximate surface area is 130 Å². The molecule has 21 heavy (non-hydrogen) atoms. The van der Waals surface area contributed by atoms with Crippen LogP contribution in [0.2, 0.25) is 5.02 Å². The van der Waals surface area contributed by atoms with Gasteiger partial charge < -0.3 is 9.84 Å². The maximum Gasteiger partial charge on any atom is 0.251 e. The molecule has 1 amide bonds. The molecule has 4 nitrogen and oxygen atoms in total. The van der Waals surface area contributed by atoms with Crippen molar-refractivity contribution >= 4 is 28.8 Å². The van der Waals surface area contributed by atoms with Crippen molar-refractivity contribution in [1.29, 1.82) is 0 Å². The van der Waals surface area contributed by atoms with E-state index in [1.54, 1.807) is 35.6 Å². The fraction of sp³-hybridized carbons (Fsp3) is 0.0667. The van der Waals surface area contributed by atoms with Crippen LogP contribution in [0.4, 0.5) is 0 Å². The van der Waals surface area contributed by atoms with Gasteiger partial charge in [-0.05, 0) is 35.7 Å². The number of carbonyl (C=O) groups is 1. The molecular formula is C15H11ClN2O2S. The Hall–Kier alpha value is -2.11. The molecule has 0 aliphatic carbocycles. The molecule has 6 heteroatoms. The highest BCUT2D eigenvalue weighted by Gasteiger charge is 2.09. The third kappa shape index (κ3) is 3.32. The van der Waals surface area contributed by atoms with Gasteiger partial charge >= 0.3 is 0 Å². The van der Waals surface area contributed by atoms with E-state index in [-0.39, 0.29) is 5.91 Å². The predicted molar refractivity (Wildman–Crippen MR) is 82.4 cm³/mol. The Morgan fingerprint density at radius 2 is 2.10 bits per heavy atom. The maximum atomic E-state index is 12.0. The van der Waals surface area contributed by atoms with E-state index in [4.69, 9.17) is 16.1 Å². The van der Waals surface area contributed by atoms with Crippen molar-refractivity contribution in [1.82, 2.24) is 10.5 Å². The molecule has 2 heterocycles. The molecule has 3 aromatic rings. The highest BCUT2D eigenvalue weighted by molar-refractivity contribution is 7.13. The van der Waals surface area contributed by atoms with Gasteiger partial charge in [0.1, 0.15) is 5.69 Å². The van der Waals surface area contributed by atoms with E-state index in [1.165, 1.54) is 0 Å². The van der Waals surface area contributed by atoms with E-state index < -0.39 is 0 Å². The second-order valence-electron chi connectivity index (χ2n) is 4.35. The van der Waals surface area contributed by atoms with Crippen LogP contribution in [0.15, 0.2) is 52.4 Å². The second-order valence-corrected chi connectivity index (χ2v) is 5.73. The zero-order valence-electron chi connectivity index (χ0n) is 10.9. The number of carbonyl (C=O) groups excluding carboxylic acids is 1. The quantitative estimate of drug-likeness (QED) is 0.791. The molecule has 0 fully saturated rings. The topological polar surface area (TPSA) is 55.1 Å². The lowest BCUT2D eigenvalue weighted by Crippen LogP contribution is -2.22. The molecule has 0 unspecified atom stereocenters. The fourth-order valence-corrected chi connectivity index (χ4v) is 2.60. The molecule has 0 aliphatic rings. The number of amides is 1. The summed E-state index contributed by atoms with van der Waals surface area (Å²) in [5, 5.41) is 9.31. The van der Waals surface area contributed by atoms with Crippen LogP contribution in [0, 0.1) is 0 Å². The van der Waals surface area contributed by atoms with Crippen LogP contribution in [0.1, 0.15) is 16.1 Å². The molecule has 0 saturated heterocycles. The van der Waals surface area contributed by atoms with Crippen molar-refractivity contribution in [3.05, 3.63) is 64.1 Å². The summed E-state index contributed by atoms with van der Waals surface area (Å²) >= 11 is 7.37. The van der Waals surface area contributed by atoms with Gasteiger partial charge in [0.05, 0.1) is 11.4 Å². The highest BCUT2D eigenvalue weighted by atomic mass is 35.5. The van der Waals surface area contributed by atoms with Gasteiger partial charge in [0.2, 0.25) is 0 Å². The van der Waals surface area contributed by atoms with Crippen LogP contribution in [-0.4, -0.2) is 11.1 Å². The largest absolute Gasteiger partial charge is 0.355 e. The van der Waals surface area contributed by atoms with Crippen LogP contribution in [0.3, 0.4) is 0 Å². The first-order valence-corrected chi connectivity index (χ1v) is 7.51. The molecule has 0 aliphatic heterocycles. The van der Waals surface area contributed by atoms with E-state index in [9.17, 15) is 4.79 Å². The number of halogens is 1. The first kappa shape index (κ1) is 13.9. The molecule has 1 N–H and O–H groups in total. The molecule has 0 bridgehead atoms. The van der Waals surface area contributed by atoms with Crippen molar-refractivity contribution in [3.8, 4) is 10.6 Å². The molecule has 0 spiro atoms. The summed E-state index contributed by atoms with van der Waals surface area (Å²) in [6, 6.07) is 12.5. The monoisotopic (exact) mass is 318 g/mol. The minimum Gasteiger partial charge on any atom is -0.355 e. The van der Waals surface area contributed by atoms with E-state index >= 15 is 0 Å². The summed E-state index contributed by atoms with van der Waals surface area (Å²) in [6.45, 7) is 0.316. The van der Waals surface area contributed by atoms with Crippen LogP contribution in [0.25, 0.3) is 10.6 Å². The number of benzene rings is 1. The summed E-state index contributed by atoms with van der Waals surface area (Å²) in [4.78, 5) is 13.0. The van der Waals surface area contributed by atoms with Gasteiger partial charge in [0.25, 0.3) is 5.91 Å². The van der Waals surface area contributed by atoms with Crippen LogP contribution in [0.5, 0.6) is 0 Å². The van der Waals surface area contributed by atoms with Gasteiger partial charge in [0.15, 0.2) is 5.76 Å². The average Bonchev–Trinajstić information content (AvgIpc) is 3.16. The Kier molecular flexibility index (Phi) is 4.03. The zero-order chi connectivity index (χ0) is 14.7.